The highest BCUT2D eigenvalue weighted by molar-refractivity contribution is 5.94. The Balaban J connectivity index is 1.29. The van der Waals surface area contributed by atoms with Crippen LogP contribution in [0.25, 0.3) is 33.5 Å². The Kier molecular flexibility index (Phi) is 6.29. The molecule has 0 aliphatic carbocycles. The van der Waals surface area contributed by atoms with Crippen molar-refractivity contribution in [3.8, 4) is 34.3 Å². The summed E-state index contributed by atoms with van der Waals surface area (Å²) in [4.78, 5) is 10.8. The summed E-state index contributed by atoms with van der Waals surface area (Å²) in [6, 6.07) is 22.7. The third kappa shape index (κ3) is 4.53. The zero-order chi connectivity index (χ0) is 24.3. The molecule has 7 nitrogen and oxygen atoms in total. The molecule has 2 saturated heterocycles. The number of anilines is 1. The van der Waals surface area contributed by atoms with E-state index in [4.69, 9.17) is 19.2 Å². The van der Waals surface area contributed by atoms with Gasteiger partial charge >= 0.3 is 0 Å². The van der Waals surface area contributed by atoms with E-state index in [1.165, 1.54) is 5.69 Å². The van der Waals surface area contributed by atoms with Crippen LogP contribution in [0.1, 0.15) is 18.4 Å². The van der Waals surface area contributed by atoms with Crippen LogP contribution >= 0.6 is 0 Å². The second kappa shape index (κ2) is 10.0. The summed E-state index contributed by atoms with van der Waals surface area (Å²) in [7, 11) is 0. The molecule has 0 unspecified atom stereocenters. The molecule has 1 N–H and O–H groups in total. The first-order valence-corrected chi connectivity index (χ1v) is 12.5. The molecule has 182 valence electrons. The van der Waals surface area contributed by atoms with Crippen molar-refractivity contribution in [2.75, 3.05) is 44.4 Å². The maximum Gasteiger partial charge on any atom is 0.138 e. The van der Waals surface area contributed by atoms with Crippen molar-refractivity contribution in [1.82, 2.24) is 9.97 Å². The Morgan fingerprint density at radius 1 is 0.917 bits per heavy atom. The molecule has 36 heavy (non-hydrogen) atoms. The average Bonchev–Trinajstić information content (AvgIpc) is 3.39. The van der Waals surface area contributed by atoms with Gasteiger partial charge in [-0.15, -0.1) is 0 Å². The van der Waals surface area contributed by atoms with E-state index < -0.39 is 0 Å². The highest BCUT2D eigenvalue weighted by Crippen LogP contribution is 2.33. The van der Waals surface area contributed by atoms with Crippen molar-refractivity contribution < 1.29 is 14.2 Å². The lowest BCUT2D eigenvalue weighted by atomic mass is 10.0. The lowest BCUT2D eigenvalue weighted by Crippen LogP contribution is -2.36. The molecule has 1 aromatic heterocycles. The number of fused-ring (bicyclic) bond motifs is 1. The van der Waals surface area contributed by atoms with Crippen LogP contribution in [0.15, 0.2) is 60.7 Å². The van der Waals surface area contributed by atoms with Crippen LogP contribution in [0.3, 0.4) is 0 Å². The molecule has 0 spiro atoms. The molecule has 3 heterocycles. The van der Waals surface area contributed by atoms with E-state index in [0.717, 1.165) is 72.7 Å². The molecule has 2 fully saturated rings. The first kappa shape index (κ1) is 22.6. The number of imidazole rings is 1. The number of aromatic nitrogens is 2. The van der Waals surface area contributed by atoms with Gasteiger partial charge in [-0.2, -0.15) is 5.26 Å². The second-order valence-electron chi connectivity index (χ2n) is 9.19. The molecular formula is C29H28N4O3. The topological polar surface area (TPSA) is 83.4 Å². The summed E-state index contributed by atoms with van der Waals surface area (Å²) in [6.45, 7) is 4.76. The Labute approximate surface area is 210 Å². The number of benzene rings is 3. The maximum atomic E-state index is 9.82. The van der Waals surface area contributed by atoms with E-state index in [-0.39, 0.29) is 6.10 Å². The predicted octanol–water partition coefficient (Wildman–Crippen LogP) is 5.16. The van der Waals surface area contributed by atoms with Crippen molar-refractivity contribution in [3.63, 3.8) is 0 Å². The zero-order valence-corrected chi connectivity index (χ0v) is 20.1. The first-order chi connectivity index (χ1) is 17.8. The van der Waals surface area contributed by atoms with Crippen LogP contribution in [0.2, 0.25) is 0 Å². The molecule has 6 rings (SSSR count). The Morgan fingerprint density at radius 2 is 1.67 bits per heavy atom. The summed E-state index contributed by atoms with van der Waals surface area (Å²) in [5, 5.41) is 9.82. The zero-order valence-electron chi connectivity index (χ0n) is 20.1. The van der Waals surface area contributed by atoms with E-state index >= 15 is 0 Å². The van der Waals surface area contributed by atoms with E-state index in [9.17, 15) is 5.26 Å². The fourth-order valence-electron chi connectivity index (χ4n) is 4.91. The van der Waals surface area contributed by atoms with Crippen molar-refractivity contribution in [1.29, 1.82) is 5.26 Å². The van der Waals surface area contributed by atoms with Gasteiger partial charge in [0.1, 0.15) is 23.7 Å². The molecule has 0 radical (unpaired) electrons. The monoisotopic (exact) mass is 480 g/mol. The van der Waals surface area contributed by atoms with E-state index in [1.807, 2.05) is 36.4 Å². The minimum absolute atomic E-state index is 0.0867. The van der Waals surface area contributed by atoms with Crippen LogP contribution in [0.5, 0.6) is 5.75 Å². The molecule has 7 heteroatoms. The number of H-pyrrole nitrogens is 1. The lowest BCUT2D eigenvalue weighted by molar-refractivity contribution is 0.0254. The highest BCUT2D eigenvalue weighted by atomic mass is 16.5. The molecule has 2 aliphatic rings. The van der Waals surface area contributed by atoms with Gasteiger partial charge in [0.25, 0.3) is 0 Å². The fraction of sp³-hybridized carbons (Fsp3) is 0.310. The maximum absolute atomic E-state index is 9.82. The van der Waals surface area contributed by atoms with Crippen LogP contribution < -0.4 is 9.64 Å². The molecule has 0 bridgehead atoms. The third-order valence-electron chi connectivity index (χ3n) is 6.90. The van der Waals surface area contributed by atoms with Crippen LogP contribution in [0, 0.1) is 11.3 Å². The van der Waals surface area contributed by atoms with Crippen molar-refractivity contribution in [3.05, 3.63) is 66.2 Å². The Bertz CT molecular complexity index is 1390. The standard InChI is InChI=1S/C29H28N4O3/c30-19-22-18-21(6-9-27(22)36-24-10-14-34-15-11-24)25-2-1-3-26-28(25)32-29(31-26)20-4-7-23(8-5-20)33-12-16-35-17-13-33/h1-9,18,24H,10-17H2,(H,31,32). The van der Waals surface area contributed by atoms with Crippen molar-refractivity contribution in [2.45, 2.75) is 18.9 Å². The SMILES string of the molecule is N#Cc1cc(-c2cccc3[nH]c(-c4ccc(N5CCOCC5)cc4)nc23)ccc1OC1CCOCC1. The number of para-hydroxylation sites is 1. The van der Waals surface area contributed by atoms with Gasteiger partial charge in [-0.25, -0.2) is 4.98 Å². The number of nitrogens with zero attached hydrogens (tertiary/aromatic N) is 3. The number of hydrogen-bond acceptors (Lipinski definition) is 6. The summed E-state index contributed by atoms with van der Waals surface area (Å²) in [6.07, 6.45) is 1.77. The minimum atomic E-state index is 0.0867. The van der Waals surface area contributed by atoms with Crippen LogP contribution in [-0.2, 0) is 9.47 Å². The Hall–Kier alpha value is -3.86. The van der Waals surface area contributed by atoms with Gasteiger partial charge in [-0.05, 0) is 48.0 Å². The molecule has 4 aromatic rings. The van der Waals surface area contributed by atoms with Gasteiger partial charge in [0, 0.05) is 42.7 Å². The quantitative estimate of drug-likeness (QED) is 0.425. The minimum Gasteiger partial charge on any atom is -0.489 e. The lowest BCUT2D eigenvalue weighted by Gasteiger charge is -2.28. The van der Waals surface area contributed by atoms with E-state index in [2.05, 4.69) is 40.2 Å². The predicted molar refractivity (Wildman–Crippen MR) is 139 cm³/mol. The summed E-state index contributed by atoms with van der Waals surface area (Å²) >= 11 is 0. The summed E-state index contributed by atoms with van der Waals surface area (Å²) < 4.78 is 17.0. The van der Waals surface area contributed by atoms with Crippen LogP contribution in [-0.4, -0.2) is 55.6 Å². The van der Waals surface area contributed by atoms with Crippen molar-refractivity contribution >= 4 is 16.7 Å². The first-order valence-electron chi connectivity index (χ1n) is 12.5. The number of nitrogens with one attached hydrogen (secondary N) is 1. The fourth-order valence-corrected chi connectivity index (χ4v) is 4.91. The van der Waals surface area contributed by atoms with Gasteiger partial charge in [0.2, 0.25) is 0 Å². The largest absolute Gasteiger partial charge is 0.489 e. The molecule has 0 saturated carbocycles. The number of ether oxygens (including phenoxy) is 3. The average molecular weight is 481 g/mol. The molecule has 0 amide bonds. The molecule has 3 aromatic carbocycles. The number of aromatic amines is 1. The van der Waals surface area contributed by atoms with Gasteiger partial charge in [-0.3, -0.25) is 0 Å². The second-order valence-corrected chi connectivity index (χ2v) is 9.19. The van der Waals surface area contributed by atoms with E-state index in [1.54, 1.807) is 0 Å². The third-order valence-corrected chi connectivity index (χ3v) is 6.90. The normalized spacial score (nSPS) is 16.7. The Morgan fingerprint density at radius 3 is 2.44 bits per heavy atom. The highest BCUT2D eigenvalue weighted by Gasteiger charge is 2.18. The summed E-state index contributed by atoms with van der Waals surface area (Å²) in [5.74, 6) is 1.45. The van der Waals surface area contributed by atoms with E-state index in [0.29, 0.717) is 24.5 Å². The van der Waals surface area contributed by atoms with Crippen LogP contribution in [0.4, 0.5) is 5.69 Å². The summed E-state index contributed by atoms with van der Waals surface area (Å²) in [5.41, 5.74) is 6.53. The molecular weight excluding hydrogens is 452 g/mol. The smallest absolute Gasteiger partial charge is 0.138 e. The van der Waals surface area contributed by atoms with Gasteiger partial charge in [0.05, 0.1) is 43.0 Å². The van der Waals surface area contributed by atoms with Gasteiger partial charge < -0.3 is 24.1 Å². The van der Waals surface area contributed by atoms with Gasteiger partial charge in [0.15, 0.2) is 0 Å². The number of nitriles is 1. The van der Waals surface area contributed by atoms with Gasteiger partial charge in [-0.1, -0.05) is 18.2 Å². The number of morpholine rings is 1. The molecule has 2 aliphatic heterocycles. The molecule has 0 atom stereocenters. The number of rotatable bonds is 5. The van der Waals surface area contributed by atoms with Crippen molar-refractivity contribution in [2.24, 2.45) is 0 Å². The number of hydrogen-bond donors (Lipinski definition) is 1.